The summed E-state index contributed by atoms with van der Waals surface area (Å²) in [4.78, 5) is 16.6. The van der Waals surface area contributed by atoms with Crippen LogP contribution in [0.4, 0.5) is 0 Å². The quantitative estimate of drug-likeness (QED) is 0.839. The molecular weight excluding hydrogens is 282 g/mol. The first-order valence-electron chi connectivity index (χ1n) is 8.17. The van der Waals surface area contributed by atoms with Crippen molar-refractivity contribution in [3.05, 3.63) is 0 Å². The number of hydrogen-bond donors (Lipinski definition) is 2. The predicted molar refractivity (Wildman–Crippen MR) is 90.7 cm³/mol. The van der Waals surface area contributed by atoms with E-state index in [1.165, 1.54) is 25.7 Å². The number of amidine groups is 1. The predicted octanol–water partition coefficient (Wildman–Crippen LogP) is 2.79. The van der Waals surface area contributed by atoms with Crippen molar-refractivity contribution in [3.63, 3.8) is 0 Å². The first kappa shape index (κ1) is 16.7. The van der Waals surface area contributed by atoms with E-state index in [1.807, 2.05) is 6.92 Å². The Bertz CT molecular complexity index is 410. The molecular formula is C16H29N3OS. The highest BCUT2D eigenvalue weighted by atomic mass is 32.2. The zero-order valence-corrected chi connectivity index (χ0v) is 14.6. The van der Waals surface area contributed by atoms with Crippen molar-refractivity contribution in [2.75, 3.05) is 12.3 Å². The number of carbonyl (C=O) groups is 1. The third-order valence-electron chi connectivity index (χ3n) is 4.32. The molecule has 2 fully saturated rings. The lowest BCUT2D eigenvalue weighted by Gasteiger charge is -2.36. The van der Waals surface area contributed by atoms with Crippen molar-refractivity contribution in [1.29, 1.82) is 0 Å². The molecule has 1 aliphatic heterocycles. The van der Waals surface area contributed by atoms with Crippen LogP contribution >= 0.6 is 11.8 Å². The van der Waals surface area contributed by atoms with Crippen molar-refractivity contribution in [1.82, 2.24) is 10.6 Å². The number of carbonyl (C=O) groups excluding carboxylic acids is 1. The number of nitrogens with one attached hydrogen (secondary N) is 2. The second kappa shape index (κ2) is 7.03. The Morgan fingerprint density at radius 1 is 1.52 bits per heavy atom. The van der Waals surface area contributed by atoms with Crippen LogP contribution in [0.3, 0.4) is 0 Å². The fourth-order valence-electron chi connectivity index (χ4n) is 3.17. The second-order valence-electron chi connectivity index (χ2n) is 7.14. The first-order valence-corrected chi connectivity index (χ1v) is 9.15. The highest BCUT2D eigenvalue weighted by Crippen LogP contribution is 2.38. The van der Waals surface area contributed by atoms with E-state index in [4.69, 9.17) is 0 Å². The van der Waals surface area contributed by atoms with Gasteiger partial charge in [0.15, 0.2) is 5.17 Å². The minimum Gasteiger partial charge on any atom is -0.359 e. The SMILES string of the molecule is CC(C)CNC(=O)C(C)N=C1NC2(CCCC(C)C2)CS1. The average Bonchev–Trinajstić information content (AvgIpc) is 2.78. The third kappa shape index (κ3) is 4.63. The Balaban J connectivity index is 1.89. The van der Waals surface area contributed by atoms with Crippen molar-refractivity contribution >= 4 is 22.8 Å². The number of aliphatic imine (C=N–C) groups is 1. The summed E-state index contributed by atoms with van der Waals surface area (Å²) in [5.74, 6) is 2.38. The minimum atomic E-state index is -0.310. The van der Waals surface area contributed by atoms with Crippen LogP contribution < -0.4 is 10.6 Å². The van der Waals surface area contributed by atoms with Gasteiger partial charge < -0.3 is 10.6 Å². The molecule has 1 saturated heterocycles. The molecule has 2 N–H and O–H groups in total. The van der Waals surface area contributed by atoms with E-state index in [1.54, 1.807) is 11.8 Å². The van der Waals surface area contributed by atoms with Gasteiger partial charge in [-0.05, 0) is 31.6 Å². The highest BCUT2D eigenvalue weighted by Gasteiger charge is 2.40. The monoisotopic (exact) mass is 311 g/mol. The Morgan fingerprint density at radius 2 is 2.29 bits per heavy atom. The molecule has 0 aromatic carbocycles. The molecule has 0 radical (unpaired) electrons. The molecule has 1 spiro atoms. The molecule has 1 saturated carbocycles. The van der Waals surface area contributed by atoms with Gasteiger partial charge >= 0.3 is 0 Å². The summed E-state index contributed by atoms with van der Waals surface area (Å²) in [7, 11) is 0. The van der Waals surface area contributed by atoms with Crippen LogP contribution in [0.25, 0.3) is 0 Å². The average molecular weight is 311 g/mol. The lowest BCUT2D eigenvalue weighted by Crippen LogP contribution is -2.47. The van der Waals surface area contributed by atoms with Crippen LogP contribution in [0, 0.1) is 11.8 Å². The summed E-state index contributed by atoms with van der Waals surface area (Å²) < 4.78 is 0. The van der Waals surface area contributed by atoms with Gasteiger partial charge in [-0.2, -0.15) is 0 Å². The van der Waals surface area contributed by atoms with Crippen molar-refractivity contribution < 1.29 is 4.79 Å². The van der Waals surface area contributed by atoms with Gasteiger partial charge in [0.25, 0.3) is 0 Å². The number of rotatable bonds is 4. The van der Waals surface area contributed by atoms with Gasteiger partial charge in [0.1, 0.15) is 6.04 Å². The van der Waals surface area contributed by atoms with Crippen molar-refractivity contribution in [3.8, 4) is 0 Å². The van der Waals surface area contributed by atoms with Gasteiger partial charge in [0, 0.05) is 17.8 Å². The van der Waals surface area contributed by atoms with E-state index in [2.05, 4.69) is 36.4 Å². The second-order valence-corrected chi connectivity index (χ2v) is 8.11. The number of amides is 1. The topological polar surface area (TPSA) is 53.5 Å². The molecule has 1 amide bonds. The zero-order valence-electron chi connectivity index (χ0n) is 13.7. The molecule has 0 aromatic heterocycles. The van der Waals surface area contributed by atoms with Crippen LogP contribution in [0.2, 0.25) is 0 Å². The number of thioether (sulfide) groups is 1. The molecule has 0 aromatic rings. The standard InChI is InChI=1S/C16H29N3OS/c1-11(2)9-17-14(20)13(4)18-15-19-16(10-21-15)7-5-6-12(3)8-16/h11-13H,5-10H2,1-4H3,(H,17,20)(H,18,19). The zero-order chi connectivity index (χ0) is 15.5. The summed E-state index contributed by atoms with van der Waals surface area (Å²) in [5, 5.41) is 7.53. The van der Waals surface area contributed by atoms with Crippen molar-refractivity contribution in [2.45, 2.75) is 65.0 Å². The smallest absolute Gasteiger partial charge is 0.244 e. The highest BCUT2D eigenvalue weighted by molar-refractivity contribution is 8.14. The van der Waals surface area contributed by atoms with E-state index >= 15 is 0 Å². The first-order chi connectivity index (χ1) is 9.90. The summed E-state index contributed by atoms with van der Waals surface area (Å²) >= 11 is 1.78. The Labute approximate surface area is 132 Å². The third-order valence-corrected chi connectivity index (χ3v) is 5.50. The lowest BCUT2D eigenvalue weighted by molar-refractivity contribution is -0.122. The minimum absolute atomic E-state index is 0.0246. The largest absolute Gasteiger partial charge is 0.359 e. The van der Waals surface area contributed by atoms with Crippen molar-refractivity contribution in [2.24, 2.45) is 16.8 Å². The molecule has 2 aliphatic rings. The van der Waals surface area contributed by atoms with E-state index in [9.17, 15) is 4.79 Å². The maximum absolute atomic E-state index is 12.0. The Morgan fingerprint density at radius 3 is 2.95 bits per heavy atom. The molecule has 0 bridgehead atoms. The molecule has 3 atom stereocenters. The van der Waals surface area contributed by atoms with E-state index in [0.29, 0.717) is 5.92 Å². The normalized spacial score (nSPS) is 32.4. The fourth-order valence-corrected chi connectivity index (χ4v) is 4.44. The molecule has 1 heterocycles. The molecule has 2 rings (SSSR count). The van der Waals surface area contributed by atoms with E-state index in [0.717, 1.165) is 23.4 Å². The molecule has 21 heavy (non-hydrogen) atoms. The molecule has 4 nitrogen and oxygen atoms in total. The van der Waals surface area contributed by atoms with Crippen LogP contribution in [0.15, 0.2) is 4.99 Å². The van der Waals surface area contributed by atoms with Crippen LogP contribution in [-0.4, -0.2) is 35.0 Å². The summed E-state index contributed by atoms with van der Waals surface area (Å²) in [5.41, 5.74) is 0.231. The lowest BCUT2D eigenvalue weighted by atomic mass is 9.78. The molecule has 1 aliphatic carbocycles. The summed E-state index contributed by atoms with van der Waals surface area (Å²) in [6, 6.07) is -0.310. The summed E-state index contributed by atoms with van der Waals surface area (Å²) in [6.45, 7) is 9.12. The maximum atomic E-state index is 12.0. The van der Waals surface area contributed by atoms with Gasteiger partial charge in [0.05, 0.1) is 0 Å². The van der Waals surface area contributed by atoms with E-state index in [-0.39, 0.29) is 17.5 Å². The Hall–Kier alpha value is -0.710. The van der Waals surface area contributed by atoms with Crippen LogP contribution in [0.5, 0.6) is 0 Å². The van der Waals surface area contributed by atoms with Crippen LogP contribution in [-0.2, 0) is 4.79 Å². The maximum Gasteiger partial charge on any atom is 0.244 e. The molecule has 120 valence electrons. The van der Waals surface area contributed by atoms with Gasteiger partial charge in [-0.1, -0.05) is 45.4 Å². The summed E-state index contributed by atoms with van der Waals surface area (Å²) in [6.07, 6.45) is 5.10. The van der Waals surface area contributed by atoms with Gasteiger partial charge in [-0.25, -0.2) is 4.99 Å². The van der Waals surface area contributed by atoms with Gasteiger partial charge in [-0.3, -0.25) is 4.79 Å². The number of nitrogens with zero attached hydrogens (tertiary/aromatic N) is 1. The van der Waals surface area contributed by atoms with Gasteiger partial charge in [-0.15, -0.1) is 0 Å². The van der Waals surface area contributed by atoms with E-state index < -0.39 is 0 Å². The molecule has 5 heteroatoms. The Kier molecular flexibility index (Phi) is 5.58. The molecule has 3 unspecified atom stereocenters. The van der Waals surface area contributed by atoms with Gasteiger partial charge in [0.2, 0.25) is 5.91 Å². The number of hydrogen-bond acceptors (Lipinski definition) is 3. The van der Waals surface area contributed by atoms with Crippen LogP contribution in [0.1, 0.15) is 53.4 Å². The fraction of sp³-hybridized carbons (Fsp3) is 0.875.